The van der Waals surface area contributed by atoms with Crippen LogP contribution in [0.2, 0.25) is 0 Å². The minimum Gasteiger partial charge on any atom is -0.267 e. The SMILES string of the molecule is Cn1ncc(C#Cc2ccc(S(N)(=O)=O)cc2)c1-c1ccc(C2CCCC2)cc1. The van der Waals surface area contributed by atoms with Crippen molar-refractivity contribution in [3.63, 3.8) is 0 Å². The number of benzene rings is 2. The van der Waals surface area contributed by atoms with Crippen LogP contribution >= 0.6 is 0 Å². The number of nitrogens with two attached hydrogens (primary N) is 1. The van der Waals surface area contributed by atoms with Crippen LogP contribution in [-0.4, -0.2) is 18.2 Å². The average molecular weight is 406 g/mol. The van der Waals surface area contributed by atoms with E-state index in [1.165, 1.54) is 43.4 Å². The van der Waals surface area contributed by atoms with Crippen LogP contribution in [-0.2, 0) is 17.1 Å². The average Bonchev–Trinajstić information content (AvgIpc) is 3.36. The van der Waals surface area contributed by atoms with Crippen LogP contribution in [0.15, 0.2) is 59.6 Å². The van der Waals surface area contributed by atoms with E-state index < -0.39 is 10.0 Å². The molecule has 1 fully saturated rings. The van der Waals surface area contributed by atoms with Crippen molar-refractivity contribution >= 4 is 10.0 Å². The highest BCUT2D eigenvalue weighted by Crippen LogP contribution is 2.35. The largest absolute Gasteiger partial charge is 0.267 e. The second kappa shape index (κ2) is 7.86. The predicted molar refractivity (Wildman–Crippen MR) is 114 cm³/mol. The zero-order valence-electron chi connectivity index (χ0n) is 16.3. The Kier molecular flexibility index (Phi) is 5.27. The smallest absolute Gasteiger partial charge is 0.238 e. The molecule has 5 nitrogen and oxygen atoms in total. The van der Waals surface area contributed by atoms with Gasteiger partial charge >= 0.3 is 0 Å². The van der Waals surface area contributed by atoms with Crippen LogP contribution in [0.5, 0.6) is 0 Å². The third kappa shape index (κ3) is 4.26. The van der Waals surface area contributed by atoms with Gasteiger partial charge in [-0.25, -0.2) is 13.6 Å². The predicted octanol–water partition coefficient (Wildman–Crippen LogP) is 3.79. The van der Waals surface area contributed by atoms with E-state index in [9.17, 15) is 8.42 Å². The van der Waals surface area contributed by atoms with E-state index in [-0.39, 0.29) is 4.90 Å². The Morgan fingerprint density at radius 1 is 1.00 bits per heavy atom. The normalized spacial score (nSPS) is 14.6. The van der Waals surface area contributed by atoms with Crippen LogP contribution in [0.25, 0.3) is 11.3 Å². The third-order valence-corrected chi connectivity index (χ3v) is 6.40. The maximum Gasteiger partial charge on any atom is 0.238 e. The standard InChI is InChI=1S/C23H23N3O2S/c1-26-23(20-12-10-19(11-13-20)18-4-2-3-5-18)21(16-25-26)9-6-17-7-14-22(15-8-17)29(24,27)28/h7-8,10-16,18H,2-5H2,1H3,(H2,24,27,28). The van der Waals surface area contributed by atoms with Gasteiger partial charge in [0.15, 0.2) is 0 Å². The lowest BCUT2D eigenvalue weighted by Crippen LogP contribution is -2.11. The van der Waals surface area contributed by atoms with Gasteiger partial charge in [-0.05, 0) is 48.6 Å². The minimum atomic E-state index is -3.70. The monoisotopic (exact) mass is 405 g/mol. The molecule has 1 aliphatic rings. The molecule has 29 heavy (non-hydrogen) atoms. The number of hydrogen-bond acceptors (Lipinski definition) is 3. The van der Waals surface area contributed by atoms with E-state index >= 15 is 0 Å². The topological polar surface area (TPSA) is 78.0 Å². The number of rotatable bonds is 3. The van der Waals surface area contributed by atoms with E-state index in [0.29, 0.717) is 11.5 Å². The Morgan fingerprint density at radius 2 is 1.66 bits per heavy atom. The summed E-state index contributed by atoms with van der Waals surface area (Å²) in [6.45, 7) is 0. The quantitative estimate of drug-likeness (QED) is 0.674. The number of hydrogen-bond donors (Lipinski definition) is 1. The van der Waals surface area contributed by atoms with E-state index in [1.807, 2.05) is 11.7 Å². The highest BCUT2D eigenvalue weighted by atomic mass is 32.2. The number of sulfonamides is 1. The van der Waals surface area contributed by atoms with Crippen molar-refractivity contribution in [1.82, 2.24) is 9.78 Å². The first-order valence-electron chi connectivity index (χ1n) is 9.69. The summed E-state index contributed by atoms with van der Waals surface area (Å²) in [4.78, 5) is 0.0764. The summed E-state index contributed by atoms with van der Waals surface area (Å²) in [7, 11) is -1.79. The number of aromatic nitrogens is 2. The number of nitrogens with zero attached hydrogens (tertiary/aromatic N) is 2. The number of aryl methyl sites for hydroxylation is 1. The molecule has 4 rings (SSSR count). The molecule has 0 aliphatic heterocycles. The van der Waals surface area contributed by atoms with E-state index in [2.05, 4.69) is 41.2 Å². The summed E-state index contributed by atoms with van der Waals surface area (Å²) in [6.07, 6.45) is 6.97. The van der Waals surface area contributed by atoms with Gasteiger partial charge in [-0.15, -0.1) is 0 Å². The van der Waals surface area contributed by atoms with Crippen LogP contribution in [0, 0.1) is 11.8 Å². The summed E-state index contributed by atoms with van der Waals surface area (Å²) in [5.74, 6) is 6.93. The number of primary sulfonamides is 1. The van der Waals surface area contributed by atoms with Gasteiger partial charge in [0.1, 0.15) is 0 Å². The maximum atomic E-state index is 11.4. The molecule has 0 saturated heterocycles. The Bertz CT molecular complexity index is 1180. The lowest BCUT2D eigenvalue weighted by atomic mass is 9.95. The van der Waals surface area contributed by atoms with E-state index in [4.69, 9.17) is 5.14 Å². The molecular weight excluding hydrogens is 382 g/mol. The fourth-order valence-corrected chi connectivity index (χ4v) is 4.43. The molecule has 2 aromatic carbocycles. The van der Waals surface area contributed by atoms with E-state index in [1.54, 1.807) is 18.3 Å². The minimum absolute atomic E-state index is 0.0764. The van der Waals surface area contributed by atoms with Gasteiger partial charge in [0.05, 0.1) is 22.3 Å². The molecule has 3 aromatic rings. The van der Waals surface area contributed by atoms with Gasteiger partial charge in [0.2, 0.25) is 10.0 Å². The van der Waals surface area contributed by atoms with Gasteiger partial charge in [0.25, 0.3) is 0 Å². The van der Waals surface area contributed by atoms with Crippen molar-refractivity contribution in [2.45, 2.75) is 36.5 Å². The molecule has 0 bridgehead atoms. The molecule has 1 aliphatic carbocycles. The van der Waals surface area contributed by atoms with Gasteiger partial charge < -0.3 is 0 Å². The summed E-state index contributed by atoms with van der Waals surface area (Å²) >= 11 is 0. The molecular formula is C23H23N3O2S. The molecule has 6 heteroatoms. The van der Waals surface area contributed by atoms with Crippen molar-refractivity contribution in [3.05, 3.63) is 71.4 Å². The fraction of sp³-hybridized carbons (Fsp3) is 0.261. The molecule has 1 saturated carbocycles. The Balaban J connectivity index is 1.61. The molecule has 0 unspecified atom stereocenters. The molecule has 0 spiro atoms. The van der Waals surface area contributed by atoms with Gasteiger partial charge in [-0.1, -0.05) is 48.9 Å². The molecule has 0 amide bonds. The maximum absolute atomic E-state index is 11.4. The van der Waals surface area contributed by atoms with Gasteiger partial charge in [-0.3, -0.25) is 4.68 Å². The third-order valence-electron chi connectivity index (χ3n) is 5.47. The molecule has 0 atom stereocenters. The Labute approximate surface area is 171 Å². The second-order valence-corrected chi connectivity index (χ2v) is 9.01. The molecule has 2 N–H and O–H groups in total. The molecule has 1 heterocycles. The van der Waals surface area contributed by atoms with Crippen molar-refractivity contribution < 1.29 is 8.42 Å². The zero-order chi connectivity index (χ0) is 20.4. The zero-order valence-corrected chi connectivity index (χ0v) is 17.1. The first-order valence-corrected chi connectivity index (χ1v) is 11.2. The second-order valence-electron chi connectivity index (χ2n) is 7.45. The van der Waals surface area contributed by atoms with Crippen molar-refractivity contribution in [3.8, 4) is 23.1 Å². The highest BCUT2D eigenvalue weighted by Gasteiger charge is 2.17. The molecule has 0 radical (unpaired) electrons. The van der Waals surface area contributed by atoms with Crippen LogP contribution < -0.4 is 5.14 Å². The summed E-state index contributed by atoms with van der Waals surface area (Å²) < 4.78 is 24.6. The summed E-state index contributed by atoms with van der Waals surface area (Å²) in [5.41, 5.74) is 5.01. The van der Waals surface area contributed by atoms with Crippen LogP contribution in [0.1, 0.15) is 48.3 Å². The molecule has 148 valence electrons. The highest BCUT2D eigenvalue weighted by molar-refractivity contribution is 7.89. The Morgan fingerprint density at radius 3 is 2.28 bits per heavy atom. The Hall–Kier alpha value is -2.88. The fourth-order valence-electron chi connectivity index (χ4n) is 3.91. The van der Waals surface area contributed by atoms with Crippen LogP contribution in [0.4, 0.5) is 0 Å². The van der Waals surface area contributed by atoms with Gasteiger partial charge in [-0.2, -0.15) is 5.10 Å². The lowest BCUT2D eigenvalue weighted by Gasteiger charge is -2.10. The summed E-state index contributed by atoms with van der Waals surface area (Å²) in [5, 5.41) is 9.50. The lowest BCUT2D eigenvalue weighted by molar-refractivity contribution is 0.598. The molecule has 1 aromatic heterocycles. The van der Waals surface area contributed by atoms with Crippen LogP contribution in [0.3, 0.4) is 0 Å². The van der Waals surface area contributed by atoms with Crippen molar-refractivity contribution in [2.24, 2.45) is 12.2 Å². The summed E-state index contributed by atoms with van der Waals surface area (Å²) in [6, 6.07) is 15.0. The first kappa shape index (κ1) is 19.4. The van der Waals surface area contributed by atoms with E-state index in [0.717, 1.165) is 16.8 Å². The van der Waals surface area contributed by atoms with Gasteiger partial charge in [0, 0.05) is 18.2 Å². The first-order chi connectivity index (χ1) is 13.9. The van der Waals surface area contributed by atoms with Crippen molar-refractivity contribution in [1.29, 1.82) is 0 Å². The van der Waals surface area contributed by atoms with Crippen molar-refractivity contribution in [2.75, 3.05) is 0 Å².